The van der Waals surface area contributed by atoms with E-state index in [1.54, 1.807) is 11.8 Å². The third-order valence-corrected chi connectivity index (χ3v) is 3.90. The van der Waals surface area contributed by atoms with Crippen molar-refractivity contribution in [1.82, 2.24) is 4.98 Å². The van der Waals surface area contributed by atoms with Gasteiger partial charge in [-0.05, 0) is 37.0 Å². The molecule has 1 N–H and O–H groups in total. The molecule has 0 amide bonds. The van der Waals surface area contributed by atoms with Gasteiger partial charge >= 0.3 is 0 Å². The van der Waals surface area contributed by atoms with E-state index in [1.807, 2.05) is 31.3 Å². The van der Waals surface area contributed by atoms with Crippen molar-refractivity contribution >= 4 is 17.5 Å². The van der Waals surface area contributed by atoms with Crippen LogP contribution in [0.4, 0.5) is 0 Å². The summed E-state index contributed by atoms with van der Waals surface area (Å²) in [5, 5.41) is 10.4. The topological polar surface area (TPSA) is 50.2 Å². The van der Waals surface area contributed by atoms with Gasteiger partial charge in [-0.1, -0.05) is 6.07 Å². The van der Waals surface area contributed by atoms with E-state index in [2.05, 4.69) is 4.98 Å². The summed E-state index contributed by atoms with van der Waals surface area (Å²) in [5.41, 5.74) is 1.16. The molecular formula is C14H17NO2S. The van der Waals surface area contributed by atoms with Crippen LogP contribution in [0, 0.1) is 12.8 Å². The molecule has 4 heteroatoms. The quantitative estimate of drug-likeness (QED) is 0.847. The molecule has 1 unspecified atom stereocenters. The maximum absolute atomic E-state index is 11.3. The van der Waals surface area contributed by atoms with Gasteiger partial charge in [0.1, 0.15) is 5.78 Å². The van der Waals surface area contributed by atoms with Crippen LogP contribution in [0.25, 0.3) is 0 Å². The van der Waals surface area contributed by atoms with Crippen LogP contribution in [0.15, 0.2) is 35.2 Å². The third kappa shape index (κ3) is 3.88. The molecule has 0 bridgehead atoms. The molecule has 0 radical (unpaired) electrons. The van der Waals surface area contributed by atoms with E-state index in [4.69, 9.17) is 0 Å². The van der Waals surface area contributed by atoms with E-state index in [0.717, 1.165) is 22.8 Å². The van der Waals surface area contributed by atoms with Crippen molar-refractivity contribution in [3.8, 4) is 0 Å². The molecule has 1 aliphatic rings. The van der Waals surface area contributed by atoms with E-state index in [9.17, 15) is 9.90 Å². The van der Waals surface area contributed by atoms with Crippen molar-refractivity contribution in [2.24, 2.45) is 5.92 Å². The number of aryl methyl sites for hydroxylation is 1. The van der Waals surface area contributed by atoms with Gasteiger partial charge in [0.25, 0.3) is 0 Å². The molecule has 0 saturated carbocycles. The molecule has 2 rings (SSSR count). The van der Waals surface area contributed by atoms with Crippen molar-refractivity contribution in [3.05, 3.63) is 35.7 Å². The number of rotatable bonds is 4. The maximum Gasteiger partial charge on any atom is 0.140 e. The van der Waals surface area contributed by atoms with Crippen LogP contribution >= 0.6 is 11.8 Å². The highest BCUT2D eigenvalue weighted by atomic mass is 32.2. The molecule has 1 atom stereocenters. The van der Waals surface area contributed by atoms with E-state index in [-0.39, 0.29) is 23.9 Å². The van der Waals surface area contributed by atoms with Gasteiger partial charge < -0.3 is 5.11 Å². The second kappa shape index (κ2) is 6.05. The summed E-state index contributed by atoms with van der Waals surface area (Å²) in [7, 11) is 0. The predicted molar refractivity (Wildman–Crippen MR) is 72.8 cm³/mol. The smallest absolute Gasteiger partial charge is 0.140 e. The number of allylic oxidation sites excluding steroid dienone is 2. The lowest BCUT2D eigenvalue weighted by Gasteiger charge is -2.16. The minimum Gasteiger partial charge on any atom is -0.512 e. The predicted octanol–water partition coefficient (Wildman–Crippen LogP) is 3.29. The fraction of sp³-hybridized carbons (Fsp3) is 0.429. The number of aromatic nitrogens is 1. The molecule has 1 aromatic heterocycles. The molecule has 0 saturated heterocycles. The van der Waals surface area contributed by atoms with E-state index >= 15 is 0 Å². The maximum atomic E-state index is 11.3. The Hall–Kier alpha value is -1.29. The first-order valence-corrected chi connectivity index (χ1v) is 7.09. The van der Waals surface area contributed by atoms with Gasteiger partial charge in [-0.15, -0.1) is 11.8 Å². The fourth-order valence-corrected chi connectivity index (χ4v) is 2.92. The van der Waals surface area contributed by atoms with Crippen molar-refractivity contribution in [2.75, 3.05) is 5.75 Å². The summed E-state index contributed by atoms with van der Waals surface area (Å²) >= 11 is 1.69. The largest absolute Gasteiger partial charge is 0.512 e. The lowest BCUT2D eigenvalue weighted by atomic mass is 9.92. The highest BCUT2D eigenvalue weighted by Gasteiger charge is 2.19. The number of pyridine rings is 1. The first-order valence-electron chi connectivity index (χ1n) is 6.10. The zero-order valence-electron chi connectivity index (χ0n) is 10.4. The van der Waals surface area contributed by atoms with Crippen molar-refractivity contribution < 1.29 is 9.90 Å². The molecule has 18 heavy (non-hydrogen) atoms. The van der Waals surface area contributed by atoms with E-state index in [1.165, 1.54) is 0 Å². The summed E-state index contributed by atoms with van der Waals surface area (Å²) in [6.45, 7) is 2.02. The fourth-order valence-electron chi connectivity index (χ4n) is 2.00. The van der Waals surface area contributed by atoms with Crippen molar-refractivity contribution in [2.45, 2.75) is 31.2 Å². The number of hydrogen-bond donors (Lipinski definition) is 1. The van der Waals surface area contributed by atoms with Crippen LogP contribution in [0.5, 0.6) is 0 Å². The lowest BCUT2D eigenvalue weighted by Crippen LogP contribution is -2.14. The molecule has 1 aliphatic carbocycles. The van der Waals surface area contributed by atoms with Gasteiger partial charge in [0.2, 0.25) is 0 Å². The highest BCUT2D eigenvalue weighted by molar-refractivity contribution is 7.99. The standard InChI is InChI=1S/C14H17NO2S/c1-10-2-3-14(15-9-10)18-5-4-11-6-12(16)8-13(17)7-11/h2-3,6,9,11,16H,4-5,7-8H2,1H3. The molecule has 0 spiro atoms. The van der Waals surface area contributed by atoms with Crippen LogP contribution in [0.2, 0.25) is 0 Å². The Labute approximate surface area is 111 Å². The van der Waals surface area contributed by atoms with Gasteiger partial charge in [-0.2, -0.15) is 0 Å². The molecule has 0 aliphatic heterocycles. The zero-order chi connectivity index (χ0) is 13.0. The summed E-state index contributed by atoms with van der Waals surface area (Å²) in [5.74, 6) is 1.47. The average molecular weight is 263 g/mol. The van der Waals surface area contributed by atoms with Gasteiger partial charge in [-0.3, -0.25) is 4.79 Å². The number of carbonyl (C=O) groups is 1. The number of Topliss-reactive ketones (excluding diaryl/α,β-unsaturated/α-hetero) is 1. The van der Waals surface area contributed by atoms with E-state index < -0.39 is 0 Å². The van der Waals surface area contributed by atoms with Crippen molar-refractivity contribution in [1.29, 1.82) is 0 Å². The average Bonchev–Trinajstić information content (AvgIpc) is 2.30. The summed E-state index contributed by atoms with van der Waals surface area (Å²) < 4.78 is 0. The normalized spacial score (nSPS) is 19.7. The number of aliphatic hydroxyl groups is 1. The Bertz CT molecular complexity index is 453. The molecule has 1 heterocycles. The second-order valence-electron chi connectivity index (χ2n) is 4.65. The molecule has 0 fully saturated rings. The van der Waals surface area contributed by atoms with Crippen molar-refractivity contribution in [3.63, 3.8) is 0 Å². The Morgan fingerprint density at radius 1 is 1.50 bits per heavy atom. The molecule has 1 aromatic rings. The second-order valence-corrected chi connectivity index (χ2v) is 5.76. The monoisotopic (exact) mass is 263 g/mol. The van der Waals surface area contributed by atoms with Crippen LogP contribution in [0.3, 0.4) is 0 Å². The number of carbonyl (C=O) groups excluding carboxylic acids is 1. The minimum atomic E-state index is 0.137. The minimum absolute atomic E-state index is 0.137. The molecule has 3 nitrogen and oxygen atoms in total. The molecular weight excluding hydrogens is 246 g/mol. The van der Waals surface area contributed by atoms with Gasteiger partial charge in [0.05, 0.1) is 17.2 Å². The Morgan fingerprint density at radius 3 is 3.00 bits per heavy atom. The lowest BCUT2D eigenvalue weighted by molar-refractivity contribution is -0.120. The van der Waals surface area contributed by atoms with Gasteiger partial charge in [0.15, 0.2) is 0 Å². The molecule has 96 valence electrons. The summed E-state index contributed by atoms with van der Waals surface area (Å²) in [6.07, 6.45) is 5.36. The van der Waals surface area contributed by atoms with Crippen LogP contribution < -0.4 is 0 Å². The number of hydrogen-bond acceptors (Lipinski definition) is 4. The summed E-state index contributed by atoms with van der Waals surface area (Å²) in [6, 6.07) is 4.06. The Morgan fingerprint density at radius 2 is 2.33 bits per heavy atom. The Balaban J connectivity index is 1.80. The number of aliphatic hydroxyl groups excluding tert-OH is 1. The zero-order valence-corrected chi connectivity index (χ0v) is 11.2. The first kappa shape index (κ1) is 13.1. The summed E-state index contributed by atoms with van der Waals surface area (Å²) in [4.78, 5) is 15.7. The van der Waals surface area contributed by atoms with E-state index in [0.29, 0.717) is 6.42 Å². The number of ketones is 1. The number of thioether (sulfide) groups is 1. The third-order valence-electron chi connectivity index (χ3n) is 2.92. The van der Waals surface area contributed by atoms with Gasteiger partial charge in [-0.25, -0.2) is 4.98 Å². The highest BCUT2D eigenvalue weighted by Crippen LogP contribution is 2.25. The Kier molecular flexibility index (Phi) is 4.42. The van der Waals surface area contributed by atoms with Crippen LogP contribution in [-0.2, 0) is 4.79 Å². The van der Waals surface area contributed by atoms with Crippen LogP contribution in [-0.4, -0.2) is 21.6 Å². The number of nitrogens with zero attached hydrogens (tertiary/aromatic N) is 1. The molecule has 0 aromatic carbocycles. The SMILES string of the molecule is Cc1ccc(SCCC2C=C(O)CC(=O)C2)nc1. The first-order chi connectivity index (χ1) is 8.63. The van der Waals surface area contributed by atoms with Gasteiger partial charge in [0, 0.05) is 18.4 Å². The van der Waals surface area contributed by atoms with Crippen LogP contribution in [0.1, 0.15) is 24.8 Å².